The molecule has 0 spiro atoms. The highest BCUT2D eigenvalue weighted by Gasteiger charge is 2.45. The van der Waals surface area contributed by atoms with Gasteiger partial charge in [-0.1, -0.05) is 25.5 Å². The first-order chi connectivity index (χ1) is 12.5. The van der Waals surface area contributed by atoms with Gasteiger partial charge in [0.25, 0.3) is 0 Å². The van der Waals surface area contributed by atoms with E-state index in [-0.39, 0.29) is 25.0 Å². The Bertz CT molecular complexity index is 599. The van der Waals surface area contributed by atoms with Crippen LogP contribution in [-0.4, -0.2) is 53.3 Å². The SMILES string of the molecule is CCCCC(=O)/C=C1/C=C[C@H]2CC[C@@H]1N(C(=O)OCC)N2C(=O)OCC. The van der Waals surface area contributed by atoms with E-state index < -0.39 is 18.2 Å². The molecule has 2 atom stereocenters. The number of unbranched alkanes of at least 4 members (excludes halogenated alkanes) is 1. The normalized spacial score (nSPS) is 23.1. The number of ether oxygens (including phenoxy) is 2. The summed E-state index contributed by atoms with van der Waals surface area (Å²) in [7, 11) is 0. The summed E-state index contributed by atoms with van der Waals surface area (Å²) in [6, 6.07) is -0.717. The number of ketones is 1. The molecular formula is C19H28N2O5. The van der Waals surface area contributed by atoms with Gasteiger partial charge in [0.1, 0.15) is 0 Å². The molecule has 3 rings (SSSR count). The van der Waals surface area contributed by atoms with E-state index in [1.807, 2.05) is 19.1 Å². The highest BCUT2D eigenvalue weighted by atomic mass is 16.6. The molecule has 0 aromatic rings. The van der Waals surface area contributed by atoms with E-state index in [1.54, 1.807) is 19.9 Å². The van der Waals surface area contributed by atoms with E-state index >= 15 is 0 Å². The number of hydrogen-bond acceptors (Lipinski definition) is 5. The predicted octanol–water partition coefficient (Wildman–Crippen LogP) is 3.60. The van der Waals surface area contributed by atoms with E-state index in [9.17, 15) is 14.4 Å². The number of carbonyl (C=O) groups is 3. The van der Waals surface area contributed by atoms with Crippen LogP contribution in [-0.2, 0) is 14.3 Å². The summed E-state index contributed by atoms with van der Waals surface area (Å²) >= 11 is 0. The Morgan fingerprint density at radius 3 is 2.35 bits per heavy atom. The second-order valence-corrected chi connectivity index (χ2v) is 6.32. The number of hydrazine groups is 1. The smallest absolute Gasteiger partial charge is 0.429 e. The lowest BCUT2D eigenvalue weighted by Gasteiger charge is -2.44. The predicted molar refractivity (Wildman–Crippen MR) is 96.3 cm³/mol. The molecule has 1 saturated heterocycles. The molecule has 0 unspecified atom stereocenters. The standard InChI is InChI=1S/C19H28N2O5/c1-4-7-8-16(22)13-14-9-10-15-11-12-17(14)21(19(24)26-6-3)20(15)18(23)25-5-2/h9-10,13,15,17H,4-8,11-12H2,1-3H3/b14-13-/t15-,17-/m0/s1. The summed E-state index contributed by atoms with van der Waals surface area (Å²) in [4.78, 5) is 37.3. The number of rotatable bonds is 6. The van der Waals surface area contributed by atoms with Gasteiger partial charge in [-0.3, -0.25) is 4.79 Å². The number of hydrogen-bond donors (Lipinski definition) is 0. The molecule has 2 amide bonds. The molecule has 1 fully saturated rings. The van der Waals surface area contributed by atoms with Crippen LogP contribution in [0.2, 0.25) is 0 Å². The second kappa shape index (κ2) is 9.40. The molecular weight excluding hydrogens is 336 g/mol. The van der Waals surface area contributed by atoms with E-state index in [4.69, 9.17) is 9.47 Å². The minimum absolute atomic E-state index is 0.0309. The van der Waals surface area contributed by atoms with Crippen molar-refractivity contribution in [3.63, 3.8) is 0 Å². The van der Waals surface area contributed by atoms with Crippen LogP contribution >= 0.6 is 0 Å². The third-order valence-corrected chi connectivity index (χ3v) is 4.49. The van der Waals surface area contributed by atoms with Crippen LogP contribution in [0.4, 0.5) is 9.59 Å². The summed E-state index contributed by atoms with van der Waals surface area (Å²) in [6.07, 6.45) is 7.70. The molecule has 0 saturated carbocycles. The quantitative estimate of drug-likeness (QED) is 0.673. The van der Waals surface area contributed by atoms with E-state index in [0.29, 0.717) is 19.3 Å². The van der Waals surface area contributed by atoms with Crippen LogP contribution in [0.25, 0.3) is 0 Å². The highest BCUT2D eigenvalue weighted by Crippen LogP contribution is 2.34. The first-order valence-corrected chi connectivity index (χ1v) is 9.37. The molecule has 0 radical (unpaired) electrons. The van der Waals surface area contributed by atoms with Crippen molar-refractivity contribution in [2.75, 3.05) is 13.2 Å². The zero-order valence-electron chi connectivity index (χ0n) is 15.8. The fourth-order valence-corrected chi connectivity index (χ4v) is 3.27. The van der Waals surface area contributed by atoms with Gasteiger partial charge in [-0.2, -0.15) is 0 Å². The van der Waals surface area contributed by atoms with Gasteiger partial charge < -0.3 is 9.47 Å². The number of carbonyl (C=O) groups excluding carboxylic acids is 3. The molecule has 2 bridgehead atoms. The third kappa shape index (κ3) is 4.45. The van der Waals surface area contributed by atoms with Crippen LogP contribution < -0.4 is 0 Å². The van der Waals surface area contributed by atoms with E-state index in [2.05, 4.69) is 0 Å². The molecule has 0 aromatic heterocycles. The first kappa shape index (κ1) is 20.0. The Balaban J connectivity index is 2.35. The summed E-state index contributed by atoms with van der Waals surface area (Å²) in [5.74, 6) is 0.0309. The molecule has 7 heteroatoms. The topological polar surface area (TPSA) is 76.2 Å². The van der Waals surface area contributed by atoms with Gasteiger partial charge in [-0.05, 0) is 44.8 Å². The Morgan fingerprint density at radius 2 is 1.73 bits per heavy atom. The van der Waals surface area contributed by atoms with Crippen molar-refractivity contribution in [2.45, 2.75) is 65.0 Å². The van der Waals surface area contributed by atoms with Crippen LogP contribution in [0.15, 0.2) is 23.8 Å². The largest absolute Gasteiger partial charge is 0.448 e. The van der Waals surface area contributed by atoms with Crippen LogP contribution in [0.5, 0.6) is 0 Å². The van der Waals surface area contributed by atoms with Crippen molar-refractivity contribution in [3.05, 3.63) is 23.8 Å². The molecule has 0 N–H and O–H groups in total. The maximum Gasteiger partial charge on any atom is 0.429 e. The summed E-state index contributed by atoms with van der Waals surface area (Å²) in [5, 5.41) is 2.64. The lowest BCUT2D eigenvalue weighted by molar-refractivity contribution is -0.114. The molecule has 0 aromatic carbocycles. The van der Waals surface area contributed by atoms with Crippen LogP contribution in [0.1, 0.15) is 52.9 Å². The average Bonchev–Trinajstić information content (AvgIpc) is 2.90. The van der Waals surface area contributed by atoms with Crippen molar-refractivity contribution in [3.8, 4) is 0 Å². The maximum absolute atomic E-state index is 12.6. The lowest BCUT2D eigenvalue weighted by atomic mass is 9.98. The highest BCUT2D eigenvalue weighted by molar-refractivity contribution is 5.91. The summed E-state index contributed by atoms with van der Waals surface area (Å²) in [5.41, 5.74) is 0.730. The minimum Gasteiger partial charge on any atom is -0.448 e. The van der Waals surface area contributed by atoms with E-state index in [1.165, 1.54) is 10.0 Å². The molecule has 7 nitrogen and oxygen atoms in total. The molecule has 2 heterocycles. The van der Waals surface area contributed by atoms with Gasteiger partial charge in [-0.25, -0.2) is 19.6 Å². The van der Waals surface area contributed by atoms with Crippen molar-refractivity contribution in [1.82, 2.24) is 10.0 Å². The maximum atomic E-state index is 12.6. The minimum atomic E-state index is -0.606. The second-order valence-electron chi connectivity index (χ2n) is 6.32. The lowest BCUT2D eigenvalue weighted by Crippen LogP contribution is -2.60. The Morgan fingerprint density at radius 1 is 1.08 bits per heavy atom. The van der Waals surface area contributed by atoms with Crippen molar-refractivity contribution < 1.29 is 23.9 Å². The summed E-state index contributed by atoms with van der Waals surface area (Å²) in [6.45, 7) is 5.88. The van der Waals surface area contributed by atoms with Gasteiger partial charge in [0.05, 0.1) is 25.3 Å². The molecule has 144 valence electrons. The van der Waals surface area contributed by atoms with Gasteiger partial charge in [-0.15, -0.1) is 0 Å². The molecule has 3 aliphatic rings. The zero-order chi connectivity index (χ0) is 19.1. The van der Waals surface area contributed by atoms with Crippen LogP contribution in [0, 0.1) is 0 Å². The number of fused-ring (bicyclic) bond motifs is 3. The Hall–Kier alpha value is -2.31. The Kier molecular flexibility index (Phi) is 7.24. The monoisotopic (exact) mass is 364 g/mol. The Labute approximate surface area is 154 Å². The van der Waals surface area contributed by atoms with Gasteiger partial charge in [0, 0.05) is 6.42 Å². The number of allylic oxidation sites excluding steroid dienone is 1. The zero-order valence-corrected chi connectivity index (χ0v) is 15.8. The van der Waals surface area contributed by atoms with Gasteiger partial charge in [0.15, 0.2) is 5.78 Å². The van der Waals surface area contributed by atoms with Gasteiger partial charge >= 0.3 is 12.2 Å². The summed E-state index contributed by atoms with van der Waals surface area (Å²) < 4.78 is 10.3. The fourth-order valence-electron chi connectivity index (χ4n) is 3.27. The fraction of sp³-hybridized carbons (Fsp3) is 0.632. The van der Waals surface area contributed by atoms with Crippen molar-refractivity contribution >= 4 is 18.0 Å². The van der Waals surface area contributed by atoms with Crippen molar-refractivity contribution in [1.29, 1.82) is 0 Å². The third-order valence-electron chi connectivity index (χ3n) is 4.49. The first-order valence-electron chi connectivity index (χ1n) is 9.37. The van der Waals surface area contributed by atoms with E-state index in [0.717, 1.165) is 18.4 Å². The average molecular weight is 364 g/mol. The molecule has 1 aliphatic carbocycles. The van der Waals surface area contributed by atoms with Gasteiger partial charge in [0.2, 0.25) is 0 Å². The number of nitrogens with zero attached hydrogens (tertiary/aromatic N) is 2. The van der Waals surface area contributed by atoms with Crippen LogP contribution in [0.3, 0.4) is 0 Å². The molecule has 26 heavy (non-hydrogen) atoms. The number of amides is 2. The van der Waals surface area contributed by atoms with Crippen molar-refractivity contribution in [2.24, 2.45) is 0 Å². The molecule has 2 aliphatic heterocycles.